The van der Waals surface area contributed by atoms with Crippen LogP contribution in [0.1, 0.15) is 26.2 Å². The van der Waals surface area contributed by atoms with Crippen LogP contribution in [0.2, 0.25) is 0 Å². The zero-order chi connectivity index (χ0) is 19.1. The molecule has 0 aromatic heterocycles. The molecule has 0 aromatic carbocycles. The second kappa shape index (κ2) is 26.6. The van der Waals surface area contributed by atoms with Crippen molar-refractivity contribution in [3.05, 3.63) is 27.7 Å². The van der Waals surface area contributed by atoms with E-state index in [0.717, 1.165) is 19.3 Å². The molecule has 0 amide bonds. The lowest BCUT2D eigenvalue weighted by atomic mass is 10.3. The molecule has 0 aliphatic carbocycles. The molecule has 9 heteroatoms. The normalized spacial score (nSPS) is 11.0. The summed E-state index contributed by atoms with van der Waals surface area (Å²) in [5, 5.41) is 26.5. The summed E-state index contributed by atoms with van der Waals surface area (Å²) in [4.78, 5) is 0. The summed E-state index contributed by atoms with van der Waals surface area (Å²) in [6, 6.07) is 0. The highest BCUT2D eigenvalue weighted by atomic mass is 32.2. The Labute approximate surface area is 141 Å². The van der Waals surface area contributed by atoms with Crippen LogP contribution in [0.3, 0.4) is 0 Å². The fraction of sp³-hybridized carbons (Fsp3) is 0.714. The van der Waals surface area contributed by atoms with Crippen LogP contribution in [0, 0.1) is 27.7 Å². The molecule has 0 fully saturated rings. The van der Waals surface area contributed by atoms with Gasteiger partial charge in [0.05, 0.1) is 19.8 Å². The van der Waals surface area contributed by atoms with Gasteiger partial charge in [0.1, 0.15) is 0 Å². The first-order chi connectivity index (χ1) is 10.7. The van der Waals surface area contributed by atoms with Crippen molar-refractivity contribution in [1.82, 2.24) is 0 Å². The molecule has 23 heavy (non-hydrogen) atoms. The Bertz CT molecular complexity index is 265. The Morgan fingerprint density at radius 3 is 1.65 bits per heavy atom. The molecular formula is C14H29O8S. The maximum absolute atomic E-state index is 10.3. The molecule has 139 valence electrons. The highest BCUT2D eigenvalue weighted by Gasteiger charge is 2.08. The third kappa shape index (κ3) is 61.5. The van der Waals surface area contributed by atoms with Crippen molar-refractivity contribution >= 4 is 10.1 Å². The second-order valence-corrected chi connectivity index (χ2v) is 4.89. The van der Waals surface area contributed by atoms with E-state index in [1.165, 1.54) is 0 Å². The number of hydrogen-bond donors (Lipinski definition) is 1. The van der Waals surface area contributed by atoms with Crippen LogP contribution in [0.25, 0.3) is 0 Å². The van der Waals surface area contributed by atoms with Crippen LogP contribution in [-0.4, -0.2) is 51.6 Å². The molecule has 0 aromatic rings. The van der Waals surface area contributed by atoms with E-state index in [1.807, 2.05) is 0 Å². The van der Waals surface area contributed by atoms with Gasteiger partial charge in [0.25, 0.3) is 10.1 Å². The monoisotopic (exact) mass is 357 g/mol. The van der Waals surface area contributed by atoms with Crippen molar-refractivity contribution in [1.29, 1.82) is 0 Å². The third-order valence-corrected chi connectivity index (χ3v) is 1.89. The molecule has 1 N–H and O–H groups in total. The summed E-state index contributed by atoms with van der Waals surface area (Å²) in [6.45, 7) is 14.0. The quantitative estimate of drug-likeness (QED) is 0.403. The topological polar surface area (TPSA) is 133 Å². The van der Waals surface area contributed by atoms with Crippen LogP contribution in [0.4, 0.5) is 0 Å². The van der Waals surface area contributed by atoms with E-state index in [0.29, 0.717) is 6.61 Å². The summed E-state index contributed by atoms with van der Waals surface area (Å²) in [5.74, 6) is -0.783. The van der Waals surface area contributed by atoms with Gasteiger partial charge in [-0.1, -0.05) is 19.8 Å². The summed E-state index contributed by atoms with van der Waals surface area (Å²) in [7, 11) is -4.10. The molecule has 7 radical (unpaired) electrons. The molecule has 0 spiro atoms. The van der Waals surface area contributed by atoms with E-state index >= 15 is 0 Å². The molecule has 0 saturated heterocycles. The fourth-order valence-electron chi connectivity index (χ4n) is 0.777. The van der Waals surface area contributed by atoms with Crippen LogP contribution >= 0.6 is 0 Å². The maximum atomic E-state index is 10.3. The standard InChI is InChI=1S/C8H17O5S.3C2H4O/c1-3-4-5-6-12-8(2)13-7-14(9,10)11;3*1-2-3/h8H,2-7H2,1H3,(H,9,10,11);3*1-2H2. The van der Waals surface area contributed by atoms with E-state index in [1.54, 1.807) is 0 Å². The predicted molar refractivity (Wildman–Crippen MR) is 84.9 cm³/mol. The second-order valence-electron chi connectivity index (χ2n) is 3.49. The van der Waals surface area contributed by atoms with E-state index in [-0.39, 0.29) is 19.8 Å². The lowest BCUT2D eigenvalue weighted by Gasteiger charge is -2.12. The summed E-state index contributed by atoms with van der Waals surface area (Å²) >= 11 is 0. The Morgan fingerprint density at radius 1 is 0.957 bits per heavy atom. The largest absolute Gasteiger partial charge is 0.353 e. The molecule has 8 nitrogen and oxygen atoms in total. The summed E-state index contributed by atoms with van der Waals surface area (Å²) < 4.78 is 38.5. The Morgan fingerprint density at radius 2 is 1.35 bits per heavy atom. The van der Waals surface area contributed by atoms with Gasteiger partial charge < -0.3 is 9.47 Å². The van der Waals surface area contributed by atoms with E-state index < -0.39 is 22.3 Å². The number of rotatable bonds is 8. The van der Waals surface area contributed by atoms with Gasteiger partial charge in [0, 0.05) is 13.5 Å². The zero-order valence-corrected chi connectivity index (χ0v) is 14.6. The first-order valence-electron chi connectivity index (χ1n) is 6.83. The van der Waals surface area contributed by atoms with Crippen molar-refractivity contribution in [2.24, 2.45) is 0 Å². The Balaban J connectivity index is -0.000000166. The van der Waals surface area contributed by atoms with Crippen molar-refractivity contribution in [2.45, 2.75) is 32.5 Å². The fourth-order valence-corrected chi connectivity index (χ4v) is 1.10. The van der Waals surface area contributed by atoms with E-state index in [4.69, 9.17) is 24.6 Å². The molecule has 0 aliphatic rings. The number of ether oxygens (including phenoxy) is 2. The first kappa shape index (κ1) is 30.6. The molecule has 1 unspecified atom stereocenters. The first-order valence-corrected chi connectivity index (χ1v) is 8.44. The lowest BCUT2D eigenvalue weighted by Crippen LogP contribution is -2.19. The molecule has 0 rings (SSSR count). The Kier molecular flexibility index (Phi) is 35.4. The molecular weight excluding hydrogens is 328 g/mol. The van der Waals surface area contributed by atoms with Gasteiger partial charge in [-0.3, -0.25) is 4.55 Å². The SMILES string of the molecule is [CH2]C(OCCCCC)OCS(=O)(=O)O.[CH2]C[O].[CH2]C[O].[CH2]C[O]. The summed E-state index contributed by atoms with van der Waals surface area (Å²) in [6.07, 6.45) is 2.16. The molecule has 0 bridgehead atoms. The summed E-state index contributed by atoms with van der Waals surface area (Å²) in [5.41, 5.74) is 0. The molecule has 0 saturated carbocycles. The number of hydrogen-bond acceptors (Lipinski definition) is 4. The van der Waals surface area contributed by atoms with Gasteiger partial charge in [-0.2, -0.15) is 8.42 Å². The van der Waals surface area contributed by atoms with Crippen molar-refractivity contribution in [3.63, 3.8) is 0 Å². The van der Waals surface area contributed by atoms with Gasteiger partial charge in [-0.05, 0) is 27.2 Å². The maximum Gasteiger partial charge on any atom is 0.289 e. The highest BCUT2D eigenvalue weighted by molar-refractivity contribution is 7.85. The highest BCUT2D eigenvalue weighted by Crippen LogP contribution is 1.99. The minimum atomic E-state index is -4.10. The average molecular weight is 357 g/mol. The van der Waals surface area contributed by atoms with Crippen LogP contribution in [0.5, 0.6) is 0 Å². The minimum absolute atomic E-state index is 0.250. The van der Waals surface area contributed by atoms with Crippen molar-refractivity contribution in [2.75, 3.05) is 32.4 Å². The van der Waals surface area contributed by atoms with Crippen LogP contribution < -0.4 is 0 Å². The van der Waals surface area contributed by atoms with Gasteiger partial charge >= 0.3 is 0 Å². The smallest absolute Gasteiger partial charge is 0.289 e. The zero-order valence-electron chi connectivity index (χ0n) is 13.8. The van der Waals surface area contributed by atoms with Crippen LogP contribution in [-0.2, 0) is 34.9 Å². The molecule has 0 aliphatic heterocycles. The van der Waals surface area contributed by atoms with E-state index in [2.05, 4.69) is 39.4 Å². The van der Waals surface area contributed by atoms with Gasteiger partial charge in [-0.25, -0.2) is 15.3 Å². The average Bonchev–Trinajstić information content (AvgIpc) is 2.43. The minimum Gasteiger partial charge on any atom is -0.353 e. The van der Waals surface area contributed by atoms with Crippen LogP contribution in [0.15, 0.2) is 0 Å². The predicted octanol–water partition coefficient (Wildman–Crippen LogP) is 1.97. The number of unbranched alkanes of at least 4 members (excludes halogenated alkanes) is 2. The molecule has 1 atom stereocenters. The Hall–Kier alpha value is -0.290. The van der Waals surface area contributed by atoms with Crippen molar-refractivity contribution < 1.29 is 37.8 Å². The molecule has 0 heterocycles. The van der Waals surface area contributed by atoms with Gasteiger partial charge in [0.2, 0.25) is 0 Å². The van der Waals surface area contributed by atoms with Gasteiger partial charge in [0.15, 0.2) is 12.2 Å². The van der Waals surface area contributed by atoms with Gasteiger partial charge in [-0.15, -0.1) is 0 Å². The third-order valence-electron chi connectivity index (χ3n) is 1.45. The van der Waals surface area contributed by atoms with E-state index in [9.17, 15) is 8.42 Å². The lowest BCUT2D eigenvalue weighted by molar-refractivity contribution is -0.101. The van der Waals surface area contributed by atoms with Crippen molar-refractivity contribution in [3.8, 4) is 0 Å².